The molecule has 6 nitrogen and oxygen atoms in total. The predicted octanol–water partition coefficient (Wildman–Crippen LogP) is 3.22. The molecule has 0 bridgehead atoms. The molecule has 2 aromatic rings. The first-order valence-electron chi connectivity index (χ1n) is 9.90. The Bertz CT molecular complexity index is 914. The zero-order chi connectivity index (χ0) is 21.3. The summed E-state index contributed by atoms with van der Waals surface area (Å²) in [7, 11) is 1.61. The van der Waals surface area contributed by atoms with E-state index in [4.69, 9.17) is 18.9 Å². The molecule has 1 aliphatic carbocycles. The molecule has 1 aliphatic rings. The molecular weight excluding hydrogens is 384 g/mol. The number of esters is 1. The topological polar surface area (TPSA) is 71.1 Å². The van der Waals surface area contributed by atoms with Crippen LogP contribution < -0.4 is 0 Å². The molecule has 0 atom stereocenters. The Morgan fingerprint density at radius 2 is 1.40 bits per heavy atom. The Hall–Kier alpha value is -2.80. The van der Waals surface area contributed by atoms with Crippen molar-refractivity contribution in [1.82, 2.24) is 0 Å². The van der Waals surface area contributed by atoms with Gasteiger partial charge in [0.2, 0.25) is 5.78 Å². The number of carbonyl (C=O) groups is 2. The van der Waals surface area contributed by atoms with Crippen LogP contribution in [0.2, 0.25) is 0 Å². The second-order valence-corrected chi connectivity index (χ2v) is 6.84. The molecule has 0 aromatic heterocycles. The van der Waals surface area contributed by atoms with E-state index in [1.165, 1.54) is 0 Å². The summed E-state index contributed by atoms with van der Waals surface area (Å²) in [5.41, 5.74) is 3.88. The first-order chi connectivity index (χ1) is 14.6. The molecule has 0 saturated heterocycles. The van der Waals surface area contributed by atoms with Crippen LogP contribution in [0.15, 0.2) is 54.1 Å². The summed E-state index contributed by atoms with van der Waals surface area (Å²) in [4.78, 5) is 25.7. The number of aryl methyl sites for hydroxylation is 1. The van der Waals surface area contributed by atoms with Crippen molar-refractivity contribution in [2.45, 2.75) is 6.92 Å². The summed E-state index contributed by atoms with van der Waals surface area (Å²) >= 11 is 0. The van der Waals surface area contributed by atoms with E-state index in [2.05, 4.69) is 0 Å². The minimum absolute atomic E-state index is 0.0607. The van der Waals surface area contributed by atoms with Crippen molar-refractivity contribution < 1.29 is 28.5 Å². The highest BCUT2D eigenvalue weighted by molar-refractivity contribution is 6.35. The van der Waals surface area contributed by atoms with Crippen molar-refractivity contribution in [1.29, 1.82) is 0 Å². The minimum Gasteiger partial charge on any atom is -0.460 e. The molecule has 3 rings (SSSR count). The predicted molar refractivity (Wildman–Crippen MR) is 112 cm³/mol. The molecule has 6 heteroatoms. The highest BCUT2D eigenvalue weighted by Gasteiger charge is 2.35. The second-order valence-electron chi connectivity index (χ2n) is 6.84. The van der Waals surface area contributed by atoms with Crippen LogP contribution in [0.1, 0.15) is 27.0 Å². The van der Waals surface area contributed by atoms with Crippen LogP contribution in [-0.2, 0) is 23.7 Å². The number of ketones is 1. The maximum atomic E-state index is 12.9. The van der Waals surface area contributed by atoms with Gasteiger partial charge in [-0.3, -0.25) is 4.79 Å². The summed E-state index contributed by atoms with van der Waals surface area (Å²) in [6.07, 6.45) is 0. The molecule has 0 N–H and O–H groups in total. The van der Waals surface area contributed by atoms with Crippen molar-refractivity contribution in [2.75, 3.05) is 46.8 Å². The van der Waals surface area contributed by atoms with Gasteiger partial charge in [-0.1, -0.05) is 54.1 Å². The van der Waals surface area contributed by atoms with Gasteiger partial charge in [0.05, 0.1) is 33.0 Å². The maximum absolute atomic E-state index is 12.9. The Morgan fingerprint density at radius 1 is 0.800 bits per heavy atom. The Labute approximate surface area is 176 Å². The third-order valence-corrected chi connectivity index (χ3v) is 4.73. The minimum atomic E-state index is -0.633. The number of Topliss-reactive ketones (excluding diaryl/α,β-unsaturated/α-hetero) is 1. The Balaban J connectivity index is 1.65. The number of hydrogen-bond acceptors (Lipinski definition) is 6. The van der Waals surface area contributed by atoms with Crippen LogP contribution in [0.4, 0.5) is 0 Å². The van der Waals surface area contributed by atoms with Gasteiger partial charge in [0.25, 0.3) is 0 Å². The van der Waals surface area contributed by atoms with Crippen LogP contribution in [-0.4, -0.2) is 58.5 Å². The van der Waals surface area contributed by atoms with Crippen molar-refractivity contribution in [3.05, 3.63) is 76.4 Å². The van der Waals surface area contributed by atoms with Crippen molar-refractivity contribution in [3.8, 4) is 0 Å². The molecule has 0 unspecified atom stereocenters. The van der Waals surface area contributed by atoms with Crippen molar-refractivity contribution in [2.24, 2.45) is 0 Å². The van der Waals surface area contributed by atoms with Gasteiger partial charge in [-0.2, -0.15) is 0 Å². The van der Waals surface area contributed by atoms with Crippen LogP contribution >= 0.6 is 0 Å². The van der Waals surface area contributed by atoms with Gasteiger partial charge in [-0.25, -0.2) is 4.79 Å². The highest BCUT2D eigenvalue weighted by atomic mass is 16.6. The lowest BCUT2D eigenvalue weighted by Crippen LogP contribution is -2.18. The molecule has 158 valence electrons. The molecule has 0 fully saturated rings. The number of fused-ring (bicyclic) bond motifs is 1. The van der Waals surface area contributed by atoms with E-state index < -0.39 is 5.97 Å². The maximum Gasteiger partial charge on any atom is 0.342 e. The van der Waals surface area contributed by atoms with E-state index in [-0.39, 0.29) is 24.6 Å². The van der Waals surface area contributed by atoms with Gasteiger partial charge in [0, 0.05) is 18.2 Å². The van der Waals surface area contributed by atoms with Gasteiger partial charge in [-0.05, 0) is 18.1 Å². The monoisotopic (exact) mass is 410 g/mol. The number of hydrogen-bond donors (Lipinski definition) is 0. The Kier molecular flexibility index (Phi) is 7.90. The number of rotatable bonds is 11. The van der Waals surface area contributed by atoms with Crippen molar-refractivity contribution >= 4 is 17.3 Å². The lowest BCUT2D eigenvalue weighted by Gasteiger charge is -2.10. The summed E-state index contributed by atoms with van der Waals surface area (Å²) < 4.78 is 20.9. The van der Waals surface area contributed by atoms with Crippen LogP contribution in [0, 0.1) is 6.92 Å². The Morgan fingerprint density at radius 3 is 2.07 bits per heavy atom. The standard InChI is InChI=1S/C24H26O6/c1-17-7-9-18(10-8-17)21-19-5-3-4-6-20(19)23(25)22(21)24(26)30-16-15-29-14-13-28-12-11-27-2/h3-10H,11-16H2,1-2H3. The molecule has 0 aliphatic heterocycles. The largest absolute Gasteiger partial charge is 0.460 e. The van der Waals surface area contributed by atoms with Gasteiger partial charge < -0.3 is 18.9 Å². The number of methoxy groups -OCH3 is 1. The SMILES string of the molecule is COCCOCCOCCOC(=O)C1=C(c2ccc(C)cc2)c2ccccc2C1=O. The summed E-state index contributed by atoms with van der Waals surface area (Å²) in [6.45, 7) is 4.15. The quantitative estimate of drug-likeness (QED) is 0.322. The van der Waals surface area contributed by atoms with Gasteiger partial charge in [-0.15, -0.1) is 0 Å². The molecule has 30 heavy (non-hydrogen) atoms. The van der Waals surface area contributed by atoms with Crippen LogP contribution in [0.3, 0.4) is 0 Å². The van der Waals surface area contributed by atoms with Gasteiger partial charge >= 0.3 is 5.97 Å². The van der Waals surface area contributed by atoms with E-state index in [0.29, 0.717) is 37.6 Å². The lowest BCUT2D eigenvalue weighted by atomic mass is 9.97. The summed E-state index contributed by atoms with van der Waals surface area (Å²) in [6, 6.07) is 15.0. The smallest absolute Gasteiger partial charge is 0.342 e. The zero-order valence-corrected chi connectivity index (χ0v) is 17.3. The van der Waals surface area contributed by atoms with Crippen LogP contribution in [0.5, 0.6) is 0 Å². The van der Waals surface area contributed by atoms with Crippen LogP contribution in [0.25, 0.3) is 5.57 Å². The third-order valence-electron chi connectivity index (χ3n) is 4.73. The molecule has 0 amide bonds. The fourth-order valence-electron chi connectivity index (χ4n) is 3.23. The first-order valence-corrected chi connectivity index (χ1v) is 9.90. The van der Waals surface area contributed by atoms with Gasteiger partial charge in [0.1, 0.15) is 12.2 Å². The fourth-order valence-corrected chi connectivity index (χ4v) is 3.23. The zero-order valence-electron chi connectivity index (χ0n) is 17.3. The number of carbonyl (C=O) groups excluding carboxylic acids is 2. The molecule has 0 heterocycles. The normalized spacial score (nSPS) is 12.9. The summed E-state index contributed by atoms with van der Waals surface area (Å²) in [5.74, 6) is -0.939. The average molecular weight is 410 g/mol. The number of benzene rings is 2. The second kappa shape index (κ2) is 10.8. The third kappa shape index (κ3) is 5.21. The molecule has 0 saturated carbocycles. The lowest BCUT2D eigenvalue weighted by molar-refractivity contribution is -0.140. The molecule has 0 radical (unpaired) electrons. The molecular formula is C24H26O6. The van der Waals surface area contributed by atoms with E-state index in [1.54, 1.807) is 19.2 Å². The van der Waals surface area contributed by atoms with E-state index in [1.807, 2.05) is 43.3 Å². The van der Waals surface area contributed by atoms with E-state index in [0.717, 1.165) is 16.7 Å². The molecule has 2 aromatic carbocycles. The fraction of sp³-hybridized carbons (Fsp3) is 0.333. The van der Waals surface area contributed by atoms with Crippen molar-refractivity contribution in [3.63, 3.8) is 0 Å². The summed E-state index contributed by atoms with van der Waals surface area (Å²) in [5, 5.41) is 0. The van der Waals surface area contributed by atoms with E-state index >= 15 is 0 Å². The number of ether oxygens (including phenoxy) is 4. The molecule has 0 spiro atoms. The van der Waals surface area contributed by atoms with E-state index in [9.17, 15) is 9.59 Å². The highest BCUT2D eigenvalue weighted by Crippen LogP contribution is 2.38. The van der Waals surface area contributed by atoms with Gasteiger partial charge in [0.15, 0.2) is 0 Å². The first kappa shape index (κ1) is 21.9. The average Bonchev–Trinajstić information content (AvgIpc) is 3.06.